The molecule has 0 radical (unpaired) electrons. The second-order valence-corrected chi connectivity index (χ2v) is 5.61. The maximum absolute atomic E-state index is 6.18. The minimum Gasteiger partial charge on any atom is -0.335 e. The predicted octanol–water partition coefficient (Wildman–Crippen LogP) is 2.44. The van der Waals surface area contributed by atoms with E-state index in [0.717, 1.165) is 24.9 Å². The highest BCUT2D eigenvalue weighted by molar-refractivity contribution is 6.33. The van der Waals surface area contributed by atoms with Crippen molar-refractivity contribution in [2.75, 3.05) is 11.4 Å². The van der Waals surface area contributed by atoms with E-state index in [4.69, 9.17) is 17.3 Å². The Morgan fingerprint density at radius 3 is 3.00 bits per heavy atom. The molecule has 6 heteroatoms. The fraction of sp³-hybridized carbons (Fsp3) is 0.429. The van der Waals surface area contributed by atoms with E-state index < -0.39 is 0 Å². The third-order valence-electron chi connectivity index (χ3n) is 3.91. The van der Waals surface area contributed by atoms with Crippen molar-refractivity contribution in [2.24, 2.45) is 5.73 Å². The van der Waals surface area contributed by atoms with Crippen LogP contribution < -0.4 is 10.6 Å². The number of nitrogens with two attached hydrogens (primary N) is 1. The second-order valence-electron chi connectivity index (χ2n) is 5.20. The number of nitrogens with zero attached hydrogens (tertiary/aromatic N) is 3. The highest BCUT2D eigenvalue weighted by Gasteiger charge is 2.27. The van der Waals surface area contributed by atoms with Crippen molar-refractivity contribution in [3.63, 3.8) is 0 Å². The van der Waals surface area contributed by atoms with Crippen LogP contribution in [-0.2, 0) is 0 Å². The first kappa shape index (κ1) is 13.4. The van der Waals surface area contributed by atoms with E-state index >= 15 is 0 Å². The van der Waals surface area contributed by atoms with Gasteiger partial charge in [-0.05, 0) is 31.9 Å². The molecule has 0 bridgehead atoms. The Hall–Kier alpha value is -1.59. The van der Waals surface area contributed by atoms with Gasteiger partial charge in [0, 0.05) is 24.2 Å². The summed E-state index contributed by atoms with van der Waals surface area (Å²) in [7, 11) is 0. The monoisotopic (exact) mass is 291 g/mol. The van der Waals surface area contributed by atoms with E-state index in [1.165, 1.54) is 0 Å². The van der Waals surface area contributed by atoms with Crippen LogP contribution in [-0.4, -0.2) is 33.8 Å². The Labute approximate surface area is 123 Å². The number of halogens is 1. The van der Waals surface area contributed by atoms with Gasteiger partial charge in [-0.3, -0.25) is 5.10 Å². The summed E-state index contributed by atoms with van der Waals surface area (Å²) in [6, 6.07) is 8.03. The molecular formula is C14H18ClN5. The fourth-order valence-electron chi connectivity index (χ4n) is 2.61. The Balaban J connectivity index is 1.89. The average Bonchev–Trinajstić information content (AvgIpc) is 2.92. The van der Waals surface area contributed by atoms with E-state index in [9.17, 15) is 0 Å². The van der Waals surface area contributed by atoms with Gasteiger partial charge >= 0.3 is 0 Å². The number of aromatic amines is 1. The molecule has 106 valence electrons. The standard InChI is InChI=1S/C14H18ClN5/c1-9-12(16)7-4-8-20(9)14-17-13(18-19-14)10-5-2-3-6-11(10)15/h2-3,5-6,9,12H,4,7-8,16H2,1H3,(H,17,18,19). The van der Waals surface area contributed by atoms with Crippen molar-refractivity contribution in [3.8, 4) is 11.4 Å². The maximum Gasteiger partial charge on any atom is 0.245 e. The molecule has 1 aromatic carbocycles. The summed E-state index contributed by atoms with van der Waals surface area (Å²) in [4.78, 5) is 6.73. The molecule has 20 heavy (non-hydrogen) atoms. The SMILES string of the molecule is CC1C(N)CCCN1c1n[nH]c(-c2ccccc2Cl)n1. The lowest BCUT2D eigenvalue weighted by atomic mass is 9.99. The number of rotatable bonds is 2. The van der Waals surface area contributed by atoms with Gasteiger partial charge in [-0.1, -0.05) is 23.7 Å². The molecule has 1 fully saturated rings. The van der Waals surface area contributed by atoms with Crippen LogP contribution in [0.25, 0.3) is 11.4 Å². The zero-order chi connectivity index (χ0) is 14.1. The minimum absolute atomic E-state index is 0.172. The summed E-state index contributed by atoms with van der Waals surface area (Å²) in [6.07, 6.45) is 2.13. The van der Waals surface area contributed by atoms with Gasteiger partial charge in [0.2, 0.25) is 5.95 Å². The van der Waals surface area contributed by atoms with Crippen LogP contribution >= 0.6 is 11.6 Å². The summed E-state index contributed by atoms with van der Waals surface area (Å²) in [5.74, 6) is 1.39. The molecule has 1 aliphatic heterocycles. The number of hydrogen-bond donors (Lipinski definition) is 2. The lowest BCUT2D eigenvalue weighted by Crippen LogP contribution is -2.50. The largest absolute Gasteiger partial charge is 0.335 e. The maximum atomic E-state index is 6.18. The number of nitrogens with one attached hydrogen (secondary N) is 1. The Morgan fingerprint density at radius 2 is 2.20 bits per heavy atom. The number of piperidine rings is 1. The molecule has 2 unspecified atom stereocenters. The highest BCUT2D eigenvalue weighted by atomic mass is 35.5. The Bertz CT molecular complexity index is 597. The topological polar surface area (TPSA) is 70.8 Å². The van der Waals surface area contributed by atoms with Crippen LogP contribution in [0.3, 0.4) is 0 Å². The first-order valence-corrected chi connectivity index (χ1v) is 7.24. The van der Waals surface area contributed by atoms with Crippen molar-refractivity contribution in [1.29, 1.82) is 0 Å². The number of anilines is 1. The van der Waals surface area contributed by atoms with E-state index in [-0.39, 0.29) is 12.1 Å². The van der Waals surface area contributed by atoms with E-state index in [1.807, 2.05) is 24.3 Å². The van der Waals surface area contributed by atoms with Crippen molar-refractivity contribution >= 4 is 17.5 Å². The molecule has 2 heterocycles. The summed E-state index contributed by atoms with van der Waals surface area (Å²) < 4.78 is 0. The minimum atomic E-state index is 0.172. The second kappa shape index (κ2) is 5.42. The van der Waals surface area contributed by atoms with Gasteiger partial charge in [-0.25, -0.2) is 0 Å². The van der Waals surface area contributed by atoms with Crippen LogP contribution in [0, 0.1) is 0 Å². The molecule has 3 rings (SSSR count). The number of benzene rings is 1. The quantitative estimate of drug-likeness (QED) is 0.891. The van der Waals surface area contributed by atoms with E-state index in [1.54, 1.807) is 0 Å². The van der Waals surface area contributed by atoms with E-state index in [2.05, 4.69) is 27.0 Å². The number of aromatic nitrogens is 3. The first-order valence-electron chi connectivity index (χ1n) is 6.86. The molecule has 2 atom stereocenters. The summed E-state index contributed by atoms with van der Waals surface area (Å²) in [5, 5.41) is 7.95. The molecule has 0 saturated carbocycles. The third-order valence-corrected chi connectivity index (χ3v) is 4.24. The van der Waals surface area contributed by atoms with Crippen LogP contribution in [0.1, 0.15) is 19.8 Å². The van der Waals surface area contributed by atoms with Gasteiger partial charge in [0.15, 0.2) is 5.82 Å². The molecular weight excluding hydrogens is 274 g/mol. The zero-order valence-corrected chi connectivity index (χ0v) is 12.1. The molecule has 1 aromatic heterocycles. The van der Waals surface area contributed by atoms with Gasteiger partial charge in [-0.15, -0.1) is 5.10 Å². The van der Waals surface area contributed by atoms with Gasteiger partial charge in [0.25, 0.3) is 0 Å². The summed E-state index contributed by atoms with van der Waals surface area (Å²) in [5.41, 5.74) is 6.98. The van der Waals surface area contributed by atoms with Crippen LogP contribution in [0.4, 0.5) is 5.95 Å². The lowest BCUT2D eigenvalue weighted by Gasteiger charge is -2.36. The highest BCUT2D eigenvalue weighted by Crippen LogP contribution is 2.27. The van der Waals surface area contributed by atoms with Crippen molar-refractivity contribution < 1.29 is 0 Å². The molecule has 1 aliphatic rings. The van der Waals surface area contributed by atoms with Gasteiger partial charge < -0.3 is 10.6 Å². The smallest absolute Gasteiger partial charge is 0.245 e. The molecule has 3 N–H and O–H groups in total. The summed E-state index contributed by atoms with van der Waals surface area (Å²) >= 11 is 6.18. The van der Waals surface area contributed by atoms with E-state index in [0.29, 0.717) is 16.8 Å². The average molecular weight is 292 g/mol. The summed E-state index contributed by atoms with van der Waals surface area (Å²) in [6.45, 7) is 3.06. The molecule has 0 aliphatic carbocycles. The zero-order valence-electron chi connectivity index (χ0n) is 11.4. The first-order chi connectivity index (χ1) is 9.66. The van der Waals surface area contributed by atoms with Crippen LogP contribution in [0.15, 0.2) is 24.3 Å². The predicted molar refractivity (Wildman–Crippen MR) is 80.8 cm³/mol. The molecule has 5 nitrogen and oxygen atoms in total. The number of H-pyrrole nitrogens is 1. The van der Waals surface area contributed by atoms with Crippen molar-refractivity contribution in [1.82, 2.24) is 15.2 Å². The van der Waals surface area contributed by atoms with Crippen LogP contribution in [0.5, 0.6) is 0 Å². The van der Waals surface area contributed by atoms with Crippen LogP contribution in [0.2, 0.25) is 5.02 Å². The molecule has 0 spiro atoms. The van der Waals surface area contributed by atoms with Crippen molar-refractivity contribution in [2.45, 2.75) is 31.8 Å². The normalized spacial score (nSPS) is 23.1. The van der Waals surface area contributed by atoms with Crippen molar-refractivity contribution in [3.05, 3.63) is 29.3 Å². The molecule has 1 saturated heterocycles. The number of hydrogen-bond acceptors (Lipinski definition) is 4. The van der Waals surface area contributed by atoms with Gasteiger partial charge in [-0.2, -0.15) is 4.98 Å². The fourth-order valence-corrected chi connectivity index (χ4v) is 2.84. The molecule has 0 amide bonds. The van der Waals surface area contributed by atoms with Gasteiger partial charge in [0.05, 0.1) is 5.02 Å². The Kier molecular flexibility index (Phi) is 3.63. The third kappa shape index (κ3) is 2.39. The van der Waals surface area contributed by atoms with Gasteiger partial charge in [0.1, 0.15) is 0 Å². The Morgan fingerprint density at radius 1 is 1.40 bits per heavy atom. The molecule has 2 aromatic rings. The lowest BCUT2D eigenvalue weighted by molar-refractivity contribution is 0.416.